The lowest BCUT2D eigenvalue weighted by Crippen LogP contribution is -2.47. The van der Waals surface area contributed by atoms with E-state index in [1.165, 1.54) is 14.2 Å². The van der Waals surface area contributed by atoms with Crippen molar-refractivity contribution < 1.29 is 14.2 Å². The number of anilines is 1. The molecule has 1 atom stereocenters. The maximum absolute atomic E-state index is 5.53. The van der Waals surface area contributed by atoms with Crippen LogP contribution in [0.4, 0.5) is 5.95 Å². The molecule has 0 bridgehead atoms. The zero-order valence-corrected chi connectivity index (χ0v) is 15.0. The molecule has 0 amide bonds. The molecule has 1 unspecified atom stereocenters. The summed E-state index contributed by atoms with van der Waals surface area (Å²) in [6, 6.07) is 8.74. The minimum atomic E-state index is 0.165. The van der Waals surface area contributed by atoms with E-state index < -0.39 is 0 Å². The van der Waals surface area contributed by atoms with Gasteiger partial charge in [0.05, 0.1) is 27.4 Å². The number of para-hydroxylation sites is 1. The molecule has 0 N–H and O–H groups in total. The fraction of sp³-hybridized carbons (Fsp3) is 0.471. The number of ether oxygens (including phenoxy) is 3. The molecule has 8 heteroatoms. The van der Waals surface area contributed by atoms with E-state index in [0.717, 1.165) is 30.9 Å². The number of aromatic nitrogens is 3. The molecule has 0 spiro atoms. The number of hydrogen-bond donors (Lipinski definition) is 0. The van der Waals surface area contributed by atoms with E-state index in [0.29, 0.717) is 5.95 Å². The highest BCUT2D eigenvalue weighted by Crippen LogP contribution is 2.32. The normalized spacial score (nSPS) is 18.1. The van der Waals surface area contributed by atoms with Gasteiger partial charge in [0.15, 0.2) is 0 Å². The highest BCUT2D eigenvalue weighted by molar-refractivity contribution is 5.40. The molecular formula is C17H23N5O3. The van der Waals surface area contributed by atoms with Gasteiger partial charge in [0.2, 0.25) is 5.95 Å². The van der Waals surface area contributed by atoms with E-state index in [-0.39, 0.29) is 18.1 Å². The zero-order chi connectivity index (χ0) is 17.8. The third-order valence-electron chi connectivity index (χ3n) is 4.38. The highest BCUT2D eigenvalue weighted by Gasteiger charge is 2.29. The molecule has 1 fully saturated rings. The summed E-state index contributed by atoms with van der Waals surface area (Å²) < 4.78 is 15.9. The maximum Gasteiger partial charge on any atom is 0.324 e. The fourth-order valence-electron chi connectivity index (χ4n) is 2.98. The lowest BCUT2D eigenvalue weighted by atomic mass is 10.0. The zero-order valence-electron chi connectivity index (χ0n) is 15.0. The molecule has 1 aromatic carbocycles. The first-order valence-electron chi connectivity index (χ1n) is 8.08. The van der Waals surface area contributed by atoms with Gasteiger partial charge in [-0.15, -0.1) is 4.98 Å². The van der Waals surface area contributed by atoms with Crippen molar-refractivity contribution in [2.24, 2.45) is 0 Å². The quantitative estimate of drug-likeness (QED) is 0.805. The number of likely N-dealkylation sites (N-methyl/N-ethyl adjacent to an activating group) is 1. The highest BCUT2D eigenvalue weighted by atomic mass is 16.5. The Kier molecular flexibility index (Phi) is 5.18. The van der Waals surface area contributed by atoms with Crippen LogP contribution < -0.4 is 19.1 Å². The topological polar surface area (TPSA) is 72.8 Å². The van der Waals surface area contributed by atoms with Crippen molar-refractivity contribution >= 4 is 5.95 Å². The summed E-state index contributed by atoms with van der Waals surface area (Å²) in [4.78, 5) is 17.2. The molecule has 2 heterocycles. The first-order valence-corrected chi connectivity index (χ1v) is 8.08. The average Bonchev–Trinajstić information content (AvgIpc) is 2.67. The van der Waals surface area contributed by atoms with Gasteiger partial charge < -0.3 is 19.1 Å². The molecule has 1 aliphatic rings. The molecule has 2 aromatic rings. The largest absolute Gasteiger partial charge is 0.496 e. The monoisotopic (exact) mass is 345 g/mol. The molecule has 0 radical (unpaired) electrons. The molecule has 134 valence electrons. The van der Waals surface area contributed by atoms with Gasteiger partial charge in [-0.1, -0.05) is 18.2 Å². The van der Waals surface area contributed by atoms with E-state index in [1.807, 2.05) is 18.2 Å². The van der Waals surface area contributed by atoms with Crippen LogP contribution in [0.15, 0.2) is 24.3 Å². The van der Waals surface area contributed by atoms with Gasteiger partial charge in [0, 0.05) is 25.2 Å². The van der Waals surface area contributed by atoms with Crippen molar-refractivity contribution in [2.45, 2.75) is 6.04 Å². The van der Waals surface area contributed by atoms with Gasteiger partial charge in [0.1, 0.15) is 5.75 Å². The Balaban J connectivity index is 1.90. The summed E-state index contributed by atoms with van der Waals surface area (Å²) in [6.45, 7) is 2.41. The van der Waals surface area contributed by atoms with Gasteiger partial charge in [-0.05, 0) is 13.1 Å². The van der Waals surface area contributed by atoms with Crippen molar-refractivity contribution in [3.63, 3.8) is 0 Å². The van der Waals surface area contributed by atoms with Crippen LogP contribution in [-0.4, -0.2) is 67.9 Å². The van der Waals surface area contributed by atoms with Gasteiger partial charge in [-0.3, -0.25) is 4.90 Å². The summed E-state index contributed by atoms with van der Waals surface area (Å²) in [5.41, 5.74) is 1.14. The van der Waals surface area contributed by atoms with Crippen molar-refractivity contribution in [2.75, 3.05) is 52.9 Å². The van der Waals surface area contributed by atoms with Gasteiger partial charge in [-0.2, -0.15) is 9.97 Å². The molecule has 1 aromatic heterocycles. The van der Waals surface area contributed by atoms with Gasteiger partial charge >= 0.3 is 12.0 Å². The lowest BCUT2D eigenvalue weighted by Gasteiger charge is -2.40. The third kappa shape index (κ3) is 3.58. The predicted octanol–water partition coefficient (Wildman–Crippen LogP) is 1.39. The van der Waals surface area contributed by atoms with Gasteiger partial charge in [0.25, 0.3) is 0 Å². The van der Waals surface area contributed by atoms with E-state index >= 15 is 0 Å². The van der Waals surface area contributed by atoms with Crippen LogP contribution in [0.5, 0.6) is 17.8 Å². The molecule has 8 nitrogen and oxygen atoms in total. The Bertz CT molecular complexity index is 705. The molecule has 0 aliphatic carbocycles. The molecule has 0 saturated carbocycles. The van der Waals surface area contributed by atoms with E-state index in [9.17, 15) is 0 Å². The Labute approximate surface area is 147 Å². The predicted molar refractivity (Wildman–Crippen MR) is 93.5 cm³/mol. The second-order valence-electron chi connectivity index (χ2n) is 5.79. The van der Waals surface area contributed by atoms with Crippen LogP contribution >= 0.6 is 0 Å². The summed E-state index contributed by atoms with van der Waals surface area (Å²) in [5.74, 6) is 1.43. The number of piperazine rings is 1. The van der Waals surface area contributed by atoms with Crippen molar-refractivity contribution in [1.29, 1.82) is 0 Å². The Hall–Kier alpha value is -2.61. The van der Waals surface area contributed by atoms with E-state index in [1.54, 1.807) is 7.11 Å². The van der Waals surface area contributed by atoms with Crippen molar-refractivity contribution in [3.05, 3.63) is 29.8 Å². The minimum absolute atomic E-state index is 0.165. The minimum Gasteiger partial charge on any atom is -0.496 e. The fourth-order valence-corrected chi connectivity index (χ4v) is 2.98. The average molecular weight is 345 g/mol. The third-order valence-corrected chi connectivity index (χ3v) is 4.38. The molecule has 3 rings (SSSR count). The smallest absolute Gasteiger partial charge is 0.324 e. The summed E-state index contributed by atoms with van der Waals surface area (Å²) in [6.07, 6.45) is 0. The summed E-state index contributed by atoms with van der Waals surface area (Å²) in [7, 11) is 6.87. The molecular weight excluding hydrogens is 322 g/mol. The van der Waals surface area contributed by atoms with Crippen LogP contribution in [0, 0.1) is 0 Å². The number of methoxy groups -OCH3 is 3. The van der Waals surface area contributed by atoms with Crippen LogP contribution in [0.25, 0.3) is 0 Å². The lowest BCUT2D eigenvalue weighted by molar-refractivity contribution is 0.214. The maximum atomic E-state index is 5.53. The number of benzene rings is 1. The molecule has 1 aliphatic heterocycles. The number of nitrogens with zero attached hydrogens (tertiary/aromatic N) is 5. The van der Waals surface area contributed by atoms with Crippen LogP contribution in [-0.2, 0) is 0 Å². The Morgan fingerprint density at radius 2 is 1.60 bits per heavy atom. The van der Waals surface area contributed by atoms with E-state index in [4.69, 9.17) is 14.2 Å². The Morgan fingerprint density at radius 1 is 0.920 bits per heavy atom. The second-order valence-corrected chi connectivity index (χ2v) is 5.79. The number of rotatable bonds is 5. The van der Waals surface area contributed by atoms with Gasteiger partial charge in [-0.25, -0.2) is 0 Å². The number of hydrogen-bond acceptors (Lipinski definition) is 8. The molecule has 25 heavy (non-hydrogen) atoms. The summed E-state index contributed by atoms with van der Waals surface area (Å²) >= 11 is 0. The van der Waals surface area contributed by atoms with E-state index in [2.05, 4.69) is 37.9 Å². The Morgan fingerprint density at radius 3 is 2.24 bits per heavy atom. The summed E-state index contributed by atoms with van der Waals surface area (Å²) in [5, 5.41) is 0. The van der Waals surface area contributed by atoms with Crippen LogP contribution in [0.2, 0.25) is 0 Å². The second kappa shape index (κ2) is 7.52. The first kappa shape index (κ1) is 17.2. The SMILES string of the molecule is COc1nc(OC)nc(N2CCN(C)C(c3ccccc3OC)C2)n1. The van der Waals surface area contributed by atoms with Crippen molar-refractivity contribution in [3.8, 4) is 17.8 Å². The van der Waals surface area contributed by atoms with Crippen LogP contribution in [0.1, 0.15) is 11.6 Å². The molecule has 1 saturated heterocycles. The first-order chi connectivity index (χ1) is 12.2. The standard InChI is InChI=1S/C17H23N5O3/c1-21-9-10-22(15-18-16(24-3)20-17(19-15)25-4)11-13(21)12-7-5-6-8-14(12)23-2/h5-8,13H,9-11H2,1-4H3. The van der Waals surface area contributed by atoms with Crippen LogP contribution in [0.3, 0.4) is 0 Å². The van der Waals surface area contributed by atoms with Crippen molar-refractivity contribution in [1.82, 2.24) is 19.9 Å².